The first-order valence-electron chi connectivity index (χ1n) is 8.34. The summed E-state index contributed by atoms with van der Waals surface area (Å²) in [7, 11) is 3.09. The molecule has 1 saturated carbocycles. The van der Waals surface area contributed by atoms with E-state index >= 15 is 0 Å². The molecule has 1 aliphatic heterocycles. The number of hydrogen-bond acceptors (Lipinski definition) is 3. The summed E-state index contributed by atoms with van der Waals surface area (Å²) in [5, 5.41) is 0.405. The predicted molar refractivity (Wildman–Crippen MR) is 90.5 cm³/mol. The zero-order valence-corrected chi connectivity index (χ0v) is 14.6. The van der Waals surface area contributed by atoms with Crippen molar-refractivity contribution in [1.82, 2.24) is 4.90 Å². The Bertz CT molecular complexity index is 590. The van der Waals surface area contributed by atoms with Gasteiger partial charge in [-0.05, 0) is 36.8 Å². The van der Waals surface area contributed by atoms with Crippen molar-refractivity contribution in [2.75, 3.05) is 27.3 Å². The minimum Gasteiger partial charge on any atom is -0.493 e. The van der Waals surface area contributed by atoms with Crippen LogP contribution in [0.4, 0.5) is 0 Å². The van der Waals surface area contributed by atoms with E-state index in [0.717, 1.165) is 25.4 Å². The van der Waals surface area contributed by atoms with Gasteiger partial charge in [-0.25, -0.2) is 0 Å². The number of carbonyl (C=O) groups is 1. The van der Waals surface area contributed by atoms with Gasteiger partial charge in [0.25, 0.3) is 5.91 Å². The lowest BCUT2D eigenvalue weighted by Crippen LogP contribution is -2.44. The first-order chi connectivity index (χ1) is 11.1. The second-order valence-corrected chi connectivity index (χ2v) is 6.95. The van der Waals surface area contributed by atoms with Gasteiger partial charge in [-0.3, -0.25) is 4.79 Å². The van der Waals surface area contributed by atoms with Gasteiger partial charge in [0.2, 0.25) is 0 Å². The van der Waals surface area contributed by atoms with Crippen molar-refractivity contribution < 1.29 is 14.3 Å². The Kier molecular flexibility index (Phi) is 5.00. The summed E-state index contributed by atoms with van der Waals surface area (Å²) in [6.07, 6.45) is 6.35. The molecule has 0 unspecified atom stereocenters. The normalized spacial score (nSPS) is 24.0. The minimum atomic E-state index is 0.0388. The van der Waals surface area contributed by atoms with Gasteiger partial charge >= 0.3 is 0 Å². The maximum Gasteiger partial charge on any atom is 0.254 e. The van der Waals surface area contributed by atoms with E-state index < -0.39 is 0 Å². The Labute approximate surface area is 142 Å². The van der Waals surface area contributed by atoms with Gasteiger partial charge in [0.15, 0.2) is 11.5 Å². The highest BCUT2D eigenvalue weighted by atomic mass is 35.5. The molecule has 1 heterocycles. The van der Waals surface area contributed by atoms with Gasteiger partial charge in [0.1, 0.15) is 0 Å². The van der Waals surface area contributed by atoms with Crippen molar-refractivity contribution >= 4 is 17.5 Å². The number of rotatable bonds is 3. The predicted octanol–water partition coefficient (Wildman–Crippen LogP) is 4.01. The molecule has 1 saturated heterocycles. The number of carbonyl (C=O) groups excluding carboxylic acids is 1. The third kappa shape index (κ3) is 3.27. The van der Waals surface area contributed by atoms with Gasteiger partial charge in [-0.15, -0.1) is 0 Å². The molecular weight excluding hydrogens is 314 g/mol. The van der Waals surface area contributed by atoms with Crippen LogP contribution in [0.1, 0.15) is 42.5 Å². The fraction of sp³-hybridized carbons (Fsp3) is 0.611. The van der Waals surface area contributed by atoms with E-state index in [-0.39, 0.29) is 5.91 Å². The largest absolute Gasteiger partial charge is 0.493 e. The molecule has 0 N–H and O–H groups in total. The number of fused-ring (bicyclic) bond motifs is 1. The summed E-state index contributed by atoms with van der Waals surface area (Å²) in [4.78, 5) is 14.8. The number of amides is 1. The molecule has 0 radical (unpaired) electrons. The van der Waals surface area contributed by atoms with Crippen molar-refractivity contribution in [3.63, 3.8) is 0 Å². The fourth-order valence-electron chi connectivity index (χ4n) is 4.01. The molecule has 3 rings (SSSR count). The SMILES string of the molecule is COc1cc(C(=O)N2CC[C@@H]3CCCC[C@H]3C2)cc(Cl)c1OC. The molecule has 0 spiro atoms. The average Bonchev–Trinajstić information content (AvgIpc) is 2.59. The first-order valence-corrected chi connectivity index (χ1v) is 8.72. The second-order valence-electron chi connectivity index (χ2n) is 6.54. The molecule has 1 aromatic carbocycles. The summed E-state index contributed by atoms with van der Waals surface area (Å²) in [6.45, 7) is 1.71. The summed E-state index contributed by atoms with van der Waals surface area (Å²) >= 11 is 6.23. The first kappa shape index (κ1) is 16.4. The molecule has 23 heavy (non-hydrogen) atoms. The van der Waals surface area contributed by atoms with Crippen LogP contribution in [-0.4, -0.2) is 38.1 Å². The van der Waals surface area contributed by atoms with Gasteiger partial charge in [-0.2, -0.15) is 0 Å². The lowest BCUT2D eigenvalue weighted by atomic mass is 9.75. The molecule has 2 atom stereocenters. The van der Waals surface area contributed by atoms with Crippen molar-refractivity contribution in [2.24, 2.45) is 11.8 Å². The summed E-state index contributed by atoms with van der Waals surface area (Å²) in [5.74, 6) is 2.48. The average molecular weight is 338 g/mol. The van der Waals surface area contributed by atoms with Gasteiger partial charge < -0.3 is 14.4 Å². The monoisotopic (exact) mass is 337 g/mol. The fourth-order valence-corrected chi connectivity index (χ4v) is 4.30. The van der Waals surface area contributed by atoms with E-state index in [2.05, 4.69) is 0 Å². The number of benzene rings is 1. The Morgan fingerprint density at radius 3 is 2.57 bits per heavy atom. The highest BCUT2D eigenvalue weighted by Gasteiger charge is 2.33. The summed E-state index contributed by atoms with van der Waals surface area (Å²) in [5.41, 5.74) is 0.571. The highest BCUT2D eigenvalue weighted by molar-refractivity contribution is 6.32. The van der Waals surface area contributed by atoms with Crippen LogP contribution in [-0.2, 0) is 0 Å². The quantitative estimate of drug-likeness (QED) is 0.836. The van der Waals surface area contributed by atoms with Crippen molar-refractivity contribution in [2.45, 2.75) is 32.1 Å². The molecule has 1 amide bonds. The topological polar surface area (TPSA) is 38.8 Å². The molecule has 1 aliphatic carbocycles. The lowest BCUT2D eigenvalue weighted by Gasteiger charge is -2.41. The van der Waals surface area contributed by atoms with Crippen LogP contribution in [0.25, 0.3) is 0 Å². The van der Waals surface area contributed by atoms with Gasteiger partial charge in [-0.1, -0.05) is 30.9 Å². The van der Waals surface area contributed by atoms with E-state index in [1.807, 2.05) is 4.90 Å². The molecule has 2 fully saturated rings. The van der Waals surface area contributed by atoms with E-state index in [1.165, 1.54) is 25.7 Å². The van der Waals surface area contributed by atoms with Crippen LogP contribution in [0.15, 0.2) is 12.1 Å². The van der Waals surface area contributed by atoms with Crippen LogP contribution >= 0.6 is 11.6 Å². The van der Waals surface area contributed by atoms with Crippen LogP contribution < -0.4 is 9.47 Å². The number of nitrogens with zero attached hydrogens (tertiary/aromatic N) is 1. The smallest absolute Gasteiger partial charge is 0.254 e. The van der Waals surface area contributed by atoms with Crippen LogP contribution in [0.5, 0.6) is 11.5 Å². The highest BCUT2D eigenvalue weighted by Crippen LogP contribution is 2.38. The number of halogens is 1. The van der Waals surface area contributed by atoms with E-state index in [4.69, 9.17) is 21.1 Å². The Balaban J connectivity index is 1.79. The summed E-state index contributed by atoms with van der Waals surface area (Å²) < 4.78 is 10.5. The number of ether oxygens (including phenoxy) is 2. The number of likely N-dealkylation sites (tertiary alicyclic amines) is 1. The molecule has 5 heteroatoms. The third-order valence-corrected chi connectivity index (χ3v) is 5.54. The lowest BCUT2D eigenvalue weighted by molar-refractivity contribution is 0.0520. The zero-order valence-electron chi connectivity index (χ0n) is 13.8. The van der Waals surface area contributed by atoms with E-state index in [9.17, 15) is 4.79 Å². The molecule has 2 aliphatic rings. The van der Waals surface area contributed by atoms with E-state index in [0.29, 0.717) is 28.0 Å². The van der Waals surface area contributed by atoms with E-state index in [1.54, 1.807) is 26.4 Å². The van der Waals surface area contributed by atoms with Crippen molar-refractivity contribution in [1.29, 1.82) is 0 Å². The van der Waals surface area contributed by atoms with Gasteiger partial charge in [0, 0.05) is 18.7 Å². The Morgan fingerprint density at radius 1 is 1.13 bits per heavy atom. The maximum atomic E-state index is 12.9. The molecule has 126 valence electrons. The minimum absolute atomic E-state index is 0.0388. The van der Waals surface area contributed by atoms with Crippen LogP contribution in [0, 0.1) is 11.8 Å². The third-order valence-electron chi connectivity index (χ3n) is 5.26. The maximum absolute atomic E-state index is 12.9. The van der Waals surface area contributed by atoms with Crippen molar-refractivity contribution in [3.8, 4) is 11.5 Å². The Hall–Kier alpha value is -1.42. The molecule has 0 aromatic heterocycles. The zero-order chi connectivity index (χ0) is 16.4. The molecule has 4 nitrogen and oxygen atoms in total. The molecule has 1 aromatic rings. The Morgan fingerprint density at radius 2 is 1.87 bits per heavy atom. The van der Waals surface area contributed by atoms with Crippen molar-refractivity contribution in [3.05, 3.63) is 22.7 Å². The van der Waals surface area contributed by atoms with Crippen LogP contribution in [0.3, 0.4) is 0 Å². The molecular formula is C18H24ClNO3. The number of piperidine rings is 1. The standard InChI is InChI=1S/C18H24ClNO3/c1-22-16-10-14(9-15(19)17(16)23-2)18(21)20-8-7-12-5-3-4-6-13(12)11-20/h9-10,12-13H,3-8,11H2,1-2H3/t12-,13-/m0/s1. The molecule has 0 bridgehead atoms. The summed E-state index contributed by atoms with van der Waals surface area (Å²) in [6, 6.07) is 3.40. The number of methoxy groups -OCH3 is 2. The second kappa shape index (κ2) is 7.00. The van der Waals surface area contributed by atoms with Gasteiger partial charge in [0.05, 0.1) is 19.2 Å². The van der Waals surface area contributed by atoms with Crippen LogP contribution in [0.2, 0.25) is 5.02 Å². The number of hydrogen-bond donors (Lipinski definition) is 0.